The lowest BCUT2D eigenvalue weighted by Gasteiger charge is -2.28. The summed E-state index contributed by atoms with van der Waals surface area (Å²) in [6.45, 7) is 12.7. The third-order valence-electron chi connectivity index (χ3n) is 3.12. The summed E-state index contributed by atoms with van der Waals surface area (Å²) in [5.41, 5.74) is 1.67. The van der Waals surface area contributed by atoms with Gasteiger partial charge in [0.25, 0.3) is 0 Å². The second kappa shape index (κ2) is 7.66. The van der Waals surface area contributed by atoms with E-state index in [9.17, 15) is 0 Å². The molecule has 0 aliphatic heterocycles. The molecule has 2 unspecified atom stereocenters. The minimum atomic E-state index is 0.260. The van der Waals surface area contributed by atoms with Crippen LogP contribution in [0.1, 0.15) is 52.6 Å². The normalized spacial score (nSPS) is 15.2. The molecule has 0 heterocycles. The highest BCUT2D eigenvalue weighted by Gasteiger charge is 2.20. The fraction of sp³-hybridized carbons (Fsp3) is 0.647. The van der Waals surface area contributed by atoms with Crippen LogP contribution in [0.2, 0.25) is 0 Å². The molecule has 0 aliphatic carbocycles. The van der Waals surface area contributed by atoms with Crippen LogP contribution in [0, 0.1) is 5.41 Å². The summed E-state index contributed by atoms with van der Waals surface area (Å²) >= 11 is 0. The number of hydrogen-bond donors (Lipinski definition) is 1. The number of nitrogens with one attached hydrogen (secondary N) is 1. The van der Waals surface area contributed by atoms with Gasteiger partial charge in [0.15, 0.2) is 0 Å². The Labute approximate surface area is 118 Å². The highest BCUT2D eigenvalue weighted by molar-refractivity contribution is 5.19. The van der Waals surface area contributed by atoms with E-state index in [1.54, 1.807) is 0 Å². The topological polar surface area (TPSA) is 21.3 Å². The van der Waals surface area contributed by atoms with Crippen LogP contribution in [0.3, 0.4) is 0 Å². The zero-order valence-corrected chi connectivity index (χ0v) is 13.1. The van der Waals surface area contributed by atoms with E-state index in [1.807, 2.05) is 6.92 Å². The fourth-order valence-corrected chi connectivity index (χ4v) is 2.26. The molecule has 0 fully saturated rings. The van der Waals surface area contributed by atoms with Gasteiger partial charge < -0.3 is 10.1 Å². The van der Waals surface area contributed by atoms with Crippen molar-refractivity contribution in [2.75, 3.05) is 13.2 Å². The van der Waals surface area contributed by atoms with Crippen LogP contribution in [-0.4, -0.2) is 19.3 Å². The SMILES string of the molecule is CCOC(C)CNC(CC(C)(C)C)c1ccccc1. The van der Waals surface area contributed by atoms with Crippen molar-refractivity contribution in [3.05, 3.63) is 35.9 Å². The lowest BCUT2D eigenvalue weighted by Crippen LogP contribution is -2.32. The van der Waals surface area contributed by atoms with E-state index in [1.165, 1.54) is 5.56 Å². The zero-order valence-electron chi connectivity index (χ0n) is 13.1. The van der Waals surface area contributed by atoms with E-state index in [0.717, 1.165) is 19.6 Å². The van der Waals surface area contributed by atoms with Crippen molar-refractivity contribution in [1.29, 1.82) is 0 Å². The Hall–Kier alpha value is -0.860. The molecule has 0 amide bonds. The lowest BCUT2D eigenvalue weighted by atomic mass is 9.85. The summed E-state index contributed by atoms with van der Waals surface area (Å²) in [5.74, 6) is 0. The molecule has 108 valence electrons. The van der Waals surface area contributed by atoms with Crippen LogP contribution in [0.4, 0.5) is 0 Å². The van der Waals surface area contributed by atoms with Crippen LogP contribution in [0.15, 0.2) is 30.3 Å². The molecule has 0 radical (unpaired) electrons. The molecular formula is C17H29NO. The van der Waals surface area contributed by atoms with E-state index < -0.39 is 0 Å². The predicted molar refractivity (Wildman–Crippen MR) is 82.3 cm³/mol. The largest absolute Gasteiger partial charge is 0.377 e. The first-order chi connectivity index (χ1) is 8.92. The van der Waals surface area contributed by atoms with Gasteiger partial charge in [0.05, 0.1) is 6.10 Å². The van der Waals surface area contributed by atoms with Gasteiger partial charge >= 0.3 is 0 Å². The summed E-state index contributed by atoms with van der Waals surface area (Å²) in [6.07, 6.45) is 1.38. The first-order valence-electron chi connectivity index (χ1n) is 7.32. The van der Waals surface area contributed by atoms with Crippen LogP contribution in [-0.2, 0) is 4.74 Å². The summed E-state index contributed by atoms with van der Waals surface area (Å²) < 4.78 is 5.60. The van der Waals surface area contributed by atoms with Crippen molar-refractivity contribution >= 4 is 0 Å². The molecular weight excluding hydrogens is 234 g/mol. The first-order valence-corrected chi connectivity index (χ1v) is 7.32. The van der Waals surface area contributed by atoms with E-state index in [-0.39, 0.29) is 6.10 Å². The zero-order chi connectivity index (χ0) is 14.3. The van der Waals surface area contributed by atoms with Gasteiger partial charge in [-0.15, -0.1) is 0 Å². The van der Waals surface area contributed by atoms with Crippen molar-refractivity contribution in [3.8, 4) is 0 Å². The summed E-state index contributed by atoms with van der Waals surface area (Å²) in [4.78, 5) is 0. The van der Waals surface area contributed by atoms with Gasteiger partial charge in [0.2, 0.25) is 0 Å². The monoisotopic (exact) mass is 263 g/mol. The van der Waals surface area contributed by atoms with E-state index in [2.05, 4.69) is 63.3 Å². The predicted octanol–water partition coefficient (Wildman–Crippen LogP) is 4.18. The quantitative estimate of drug-likeness (QED) is 0.797. The Morgan fingerprint density at radius 3 is 2.32 bits per heavy atom. The summed E-state index contributed by atoms with van der Waals surface area (Å²) in [6, 6.07) is 11.1. The lowest BCUT2D eigenvalue weighted by molar-refractivity contribution is 0.0725. The van der Waals surface area contributed by atoms with Crippen LogP contribution in [0.5, 0.6) is 0 Å². The molecule has 2 nitrogen and oxygen atoms in total. The molecule has 1 aromatic carbocycles. The van der Waals surface area contributed by atoms with Gasteiger partial charge in [-0.3, -0.25) is 0 Å². The minimum absolute atomic E-state index is 0.260. The van der Waals surface area contributed by atoms with Crippen LogP contribution >= 0.6 is 0 Å². The maximum atomic E-state index is 5.60. The number of ether oxygens (including phenoxy) is 1. The molecule has 19 heavy (non-hydrogen) atoms. The molecule has 0 bridgehead atoms. The molecule has 2 atom stereocenters. The standard InChI is InChI=1S/C17H29NO/c1-6-19-14(2)13-18-16(12-17(3,4)5)15-10-8-7-9-11-15/h7-11,14,16,18H,6,12-13H2,1-5H3. The maximum absolute atomic E-state index is 5.60. The van der Waals surface area contributed by atoms with Crippen molar-refractivity contribution in [2.24, 2.45) is 5.41 Å². The highest BCUT2D eigenvalue weighted by Crippen LogP contribution is 2.29. The molecule has 0 saturated heterocycles. The molecule has 0 spiro atoms. The molecule has 0 saturated carbocycles. The summed E-state index contributed by atoms with van der Waals surface area (Å²) in [7, 11) is 0. The number of rotatable bonds is 7. The average Bonchev–Trinajstić information content (AvgIpc) is 2.34. The van der Waals surface area contributed by atoms with Crippen molar-refractivity contribution in [2.45, 2.75) is 53.2 Å². The van der Waals surface area contributed by atoms with Crippen molar-refractivity contribution in [1.82, 2.24) is 5.32 Å². The molecule has 2 heteroatoms. The van der Waals surface area contributed by atoms with Gasteiger partial charge in [0, 0.05) is 19.2 Å². The van der Waals surface area contributed by atoms with Crippen LogP contribution < -0.4 is 5.32 Å². The van der Waals surface area contributed by atoms with Gasteiger partial charge in [0.1, 0.15) is 0 Å². The van der Waals surface area contributed by atoms with Crippen molar-refractivity contribution < 1.29 is 4.74 Å². The van der Waals surface area contributed by atoms with Crippen LogP contribution in [0.25, 0.3) is 0 Å². The number of hydrogen-bond acceptors (Lipinski definition) is 2. The fourth-order valence-electron chi connectivity index (χ4n) is 2.26. The van der Waals surface area contributed by atoms with Gasteiger partial charge in [-0.2, -0.15) is 0 Å². The molecule has 1 rings (SSSR count). The van der Waals surface area contributed by atoms with Gasteiger partial charge in [-0.1, -0.05) is 51.1 Å². The molecule has 1 N–H and O–H groups in total. The smallest absolute Gasteiger partial charge is 0.0671 e. The maximum Gasteiger partial charge on any atom is 0.0671 e. The third kappa shape index (κ3) is 6.74. The Kier molecular flexibility index (Phi) is 6.53. The van der Waals surface area contributed by atoms with E-state index in [4.69, 9.17) is 4.74 Å². The average molecular weight is 263 g/mol. The number of benzene rings is 1. The second-order valence-electron chi connectivity index (χ2n) is 6.40. The highest BCUT2D eigenvalue weighted by atomic mass is 16.5. The minimum Gasteiger partial charge on any atom is -0.377 e. The second-order valence-corrected chi connectivity index (χ2v) is 6.40. The van der Waals surface area contributed by atoms with Gasteiger partial charge in [-0.05, 0) is 31.2 Å². The molecule has 0 aliphatic rings. The summed E-state index contributed by atoms with van der Waals surface area (Å²) in [5, 5.41) is 3.65. The Morgan fingerprint density at radius 2 is 1.79 bits per heavy atom. The Bertz CT molecular complexity index is 342. The van der Waals surface area contributed by atoms with E-state index in [0.29, 0.717) is 11.5 Å². The molecule has 1 aromatic rings. The van der Waals surface area contributed by atoms with Crippen molar-refractivity contribution in [3.63, 3.8) is 0 Å². The Balaban J connectivity index is 2.65. The Morgan fingerprint density at radius 1 is 1.16 bits per heavy atom. The third-order valence-corrected chi connectivity index (χ3v) is 3.12. The first kappa shape index (κ1) is 16.2. The molecule has 0 aromatic heterocycles. The van der Waals surface area contributed by atoms with Gasteiger partial charge in [-0.25, -0.2) is 0 Å². The van der Waals surface area contributed by atoms with E-state index >= 15 is 0 Å².